The van der Waals surface area contributed by atoms with E-state index in [0.717, 1.165) is 25.6 Å². The maximum Gasteiger partial charge on any atom is 0.410 e. The molecule has 126 valence electrons. The van der Waals surface area contributed by atoms with Crippen LogP contribution < -0.4 is 5.32 Å². The van der Waals surface area contributed by atoms with Crippen LogP contribution in [0.5, 0.6) is 0 Å². The van der Waals surface area contributed by atoms with Crippen molar-refractivity contribution in [1.29, 1.82) is 0 Å². The molecular formula is C17H31N3O2. The van der Waals surface area contributed by atoms with Crippen LogP contribution in [0.15, 0.2) is 0 Å². The van der Waals surface area contributed by atoms with Crippen molar-refractivity contribution in [1.82, 2.24) is 15.1 Å². The van der Waals surface area contributed by atoms with Gasteiger partial charge in [0.1, 0.15) is 5.60 Å². The van der Waals surface area contributed by atoms with Crippen molar-refractivity contribution in [3.63, 3.8) is 0 Å². The topological polar surface area (TPSA) is 44.8 Å². The normalized spacial score (nSPS) is 33.5. The number of carbonyl (C=O) groups excluding carboxylic acids is 1. The Bertz CT molecular complexity index is 417. The fourth-order valence-corrected chi connectivity index (χ4v) is 3.81. The second-order valence-electron chi connectivity index (χ2n) is 8.29. The molecule has 1 saturated carbocycles. The lowest BCUT2D eigenvalue weighted by Gasteiger charge is -2.25. The molecule has 0 aromatic rings. The SMILES string of the molecule is CC1CC(NC2CCN(C(=O)OC(C)(C)C)C2)CN1C1CC1. The third-order valence-corrected chi connectivity index (χ3v) is 4.95. The maximum absolute atomic E-state index is 12.1. The Morgan fingerprint density at radius 1 is 1.14 bits per heavy atom. The Morgan fingerprint density at radius 2 is 1.86 bits per heavy atom. The first kappa shape index (κ1) is 16.1. The van der Waals surface area contributed by atoms with Gasteiger partial charge in [-0.15, -0.1) is 0 Å². The second-order valence-corrected chi connectivity index (χ2v) is 8.29. The summed E-state index contributed by atoms with van der Waals surface area (Å²) in [6.45, 7) is 10.9. The van der Waals surface area contributed by atoms with Crippen LogP contribution in [-0.2, 0) is 4.74 Å². The number of nitrogens with zero attached hydrogens (tertiary/aromatic N) is 2. The summed E-state index contributed by atoms with van der Waals surface area (Å²) in [5, 5.41) is 3.78. The minimum atomic E-state index is -0.408. The van der Waals surface area contributed by atoms with Crippen LogP contribution in [0.3, 0.4) is 0 Å². The number of hydrogen-bond donors (Lipinski definition) is 1. The van der Waals surface area contributed by atoms with Crippen LogP contribution >= 0.6 is 0 Å². The van der Waals surface area contributed by atoms with E-state index in [2.05, 4.69) is 17.1 Å². The molecule has 0 radical (unpaired) electrons. The van der Waals surface area contributed by atoms with Crippen molar-refractivity contribution in [2.24, 2.45) is 0 Å². The smallest absolute Gasteiger partial charge is 0.410 e. The van der Waals surface area contributed by atoms with Gasteiger partial charge in [0.05, 0.1) is 0 Å². The zero-order chi connectivity index (χ0) is 15.9. The predicted molar refractivity (Wildman–Crippen MR) is 86.9 cm³/mol. The molecule has 22 heavy (non-hydrogen) atoms. The van der Waals surface area contributed by atoms with Crippen molar-refractivity contribution >= 4 is 6.09 Å². The fraction of sp³-hybridized carbons (Fsp3) is 0.941. The number of carbonyl (C=O) groups is 1. The van der Waals surface area contributed by atoms with Gasteiger partial charge in [-0.25, -0.2) is 4.79 Å². The van der Waals surface area contributed by atoms with E-state index in [-0.39, 0.29) is 6.09 Å². The molecule has 3 unspecified atom stereocenters. The summed E-state index contributed by atoms with van der Waals surface area (Å²) in [4.78, 5) is 16.6. The Labute approximate surface area is 134 Å². The number of amides is 1. The van der Waals surface area contributed by atoms with Gasteiger partial charge in [-0.3, -0.25) is 4.90 Å². The molecule has 3 rings (SSSR count). The molecule has 0 spiro atoms. The molecule has 0 bridgehead atoms. The van der Waals surface area contributed by atoms with Crippen molar-refractivity contribution < 1.29 is 9.53 Å². The van der Waals surface area contributed by atoms with Gasteiger partial charge in [0, 0.05) is 43.8 Å². The summed E-state index contributed by atoms with van der Waals surface area (Å²) in [6.07, 6.45) is 4.86. The number of hydrogen-bond acceptors (Lipinski definition) is 4. The Hall–Kier alpha value is -0.810. The lowest BCUT2D eigenvalue weighted by Crippen LogP contribution is -2.43. The molecule has 3 aliphatic rings. The first-order valence-corrected chi connectivity index (χ1v) is 8.81. The van der Waals surface area contributed by atoms with Gasteiger partial charge in [-0.2, -0.15) is 0 Å². The zero-order valence-corrected chi connectivity index (χ0v) is 14.5. The van der Waals surface area contributed by atoms with Crippen molar-refractivity contribution in [2.75, 3.05) is 19.6 Å². The quantitative estimate of drug-likeness (QED) is 0.868. The zero-order valence-electron chi connectivity index (χ0n) is 14.5. The molecule has 1 N–H and O–H groups in total. The Kier molecular flexibility index (Phi) is 4.38. The summed E-state index contributed by atoms with van der Waals surface area (Å²) in [6, 6.07) is 2.56. The maximum atomic E-state index is 12.1. The molecule has 1 amide bonds. The Morgan fingerprint density at radius 3 is 2.50 bits per heavy atom. The largest absolute Gasteiger partial charge is 0.444 e. The molecule has 2 heterocycles. The first-order chi connectivity index (χ1) is 10.3. The minimum Gasteiger partial charge on any atom is -0.444 e. The average Bonchev–Trinajstić information content (AvgIpc) is 3.02. The van der Waals surface area contributed by atoms with E-state index < -0.39 is 5.60 Å². The van der Waals surface area contributed by atoms with Crippen LogP contribution in [0.4, 0.5) is 4.79 Å². The van der Waals surface area contributed by atoms with Gasteiger partial charge in [0.15, 0.2) is 0 Å². The van der Waals surface area contributed by atoms with Crippen LogP contribution in [0.25, 0.3) is 0 Å². The van der Waals surface area contributed by atoms with Gasteiger partial charge >= 0.3 is 6.09 Å². The van der Waals surface area contributed by atoms with E-state index in [1.165, 1.54) is 25.8 Å². The highest BCUT2D eigenvalue weighted by atomic mass is 16.6. The average molecular weight is 309 g/mol. The van der Waals surface area contributed by atoms with E-state index >= 15 is 0 Å². The fourth-order valence-electron chi connectivity index (χ4n) is 3.81. The number of rotatable bonds is 3. The van der Waals surface area contributed by atoms with Gasteiger partial charge in [-0.1, -0.05) is 0 Å². The van der Waals surface area contributed by atoms with Gasteiger partial charge in [-0.05, 0) is 53.4 Å². The first-order valence-electron chi connectivity index (χ1n) is 8.81. The molecule has 3 fully saturated rings. The summed E-state index contributed by atoms with van der Waals surface area (Å²) in [7, 11) is 0. The van der Waals surface area contributed by atoms with E-state index in [9.17, 15) is 4.79 Å². The van der Waals surface area contributed by atoms with Crippen LogP contribution in [0.1, 0.15) is 53.4 Å². The molecular weight excluding hydrogens is 278 g/mol. The number of ether oxygens (including phenoxy) is 1. The van der Waals surface area contributed by atoms with Crippen molar-refractivity contribution in [3.05, 3.63) is 0 Å². The second kappa shape index (κ2) is 6.00. The summed E-state index contributed by atoms with van der Waals surface area (Å²) in [5.41, 5.74) is -0.408. The molecule has 3 atom stereocenters. The molecule has 2 aliphatic heterocycles. The molecule has 1 aliphatic carbocycles. The highest BCUT2D eigenvalue weighted by molar-refractivity contribution is 5.68. The van der Waals surface area contributed by atoms with E-state index in [1.807, 2.05) is 25.7 Å². The lowest BCUT2D eigenvalue weighted by molar-refractivity contribution is 0.0290. The van der Waals surface area contributed by atoms with Crippen LogP contribution in [-0.4, -0.2) is 65.3 Å². The number of likely N-dealkylation sites (tertiary alicyclic amines) is 2. The van der Waals surface area contributed by atoms with E-state index in [4.69, 9.17) is 4.74 Å². The molecule has 5 heteroatoms. The highest BCUT2D eigenvalue weighted by Crippen LogP contribution is 2.33. The molecule has 2 saturated heterocycles. The summed E-state index contributed by atoms with van der Waals surface area (Å²) >= 11 is 0. The third kappa shape index (κ3) is 3.93. The standard InChI is InChI=1S/C17H31N3O2/c1-12-9-14(11-20(12)15-5-6-15)18-13-7-8-19(10-13)16(21)22-17(2,3)4/h12-15,18H,5-11H2,1-4H3. The van der Waals surface area contributed by atoms with E-state index in [0.29, 0.717) is 18.1 Å². The van der Waals surface area contributed by atoms with Crippen molar-refractivity contribution in [2.45, 2.75) is 83.1 Å². The minimum absolute atomic E-state index is 0.170. The molecule has 5 nitrogen and oxygen atoms in total. The lowest BCUT2D eigenvalue weighted by atomic mass is 10.1. The summed E-state index contributed by atoms with van der Waals surface area (Å²) in [5.74, 6) is 0. The number of nitrogens with one attached hydrogen (secondary N) is 1. The van der Waals surface area contributed by atoms with Crippen molar-refractivity contribution in [3.8, 4) is 0 Å². The van der Waals surface area contributed by atoms with Crippen LogP contribution in [0, 0.1) is 0 Å². The molecule has 0 aromatic heterocycles. The predicted octanol–water partition coefficient (Wildman–Crippen LogP) is 2.21. The monoisotopic (exact) mass is 309 g/mol. The third-order valence-electron chi connectivity index (χ3n) is 4.95. The van der Waals surface area contributed by atoms with Crippen LogP contribution in [0.2, 0.25) is 0 Å². The van der Waals surface area contributed by atoms with Gasteiger partial charge < -0.3 is 15.0 Å². The van der Waals surface area contributed by atoms with Gasteiger partial charge in [0.25, 0.3) is 0 Å². The molecule has 0 aromatic carbocycles. The van der Waals surface area contributed by atoms with E-state index in [1.54, 1.807) is 0 Å². The van der Waals surface area contributed by atoms with Gasteiger partial charge in [0.2, 0.25) is 0 Å². The summed E-state index contributed by atoms with van der Waals surface area (Å²) < 4.78 is 5.46. The highest BCUT2D eigenvalue weighted by Gasteiger charge is 2.40. The Balaban J connectivity index is 1.44.